The van der Waals surface area contributed by atoms with Crippen molar-refractivity contribution in [3.63, 3.8) is 0 Å². The molecule has 8 heteroatoms. The average Bonchev–Trinajstić information content (AvgIpc) is 2.09. The monoisotopic (exact) mass is 244 g/mol. The summed E-state index contributed by atoms with van der Waals surface area (Å²) in [7, 11) is -4.40. The Hall–Kier alpha value is -1.31. The summed E-state index contributed by atoms with van der Waals surface area (Å²) in [5.74, 6) is -10.6. The van der Waals surface area contributed by atoms with E-state index in [0.717, 1.165) is 0 Å². The number of aromatic hydroxyl groups is 1. The molecule has 1 N–H and O–H groups in total. The largest absolute Gasteiger partial charge is 0.504 e. The maximum atomic E-state index is 12.9. The summed E-state index contributed by atoms with van der Waals surface area (Å²) < 4.78 is 72.3. The first-order chi connectivity index (χ1) is 6.68. The Balaban J connectivity index is 3.84. The number of hydrogen-bond donors (Lipinski definition) is 1. The van der Waals surface area contributed by atoms with Crippen molar-refractivity contribution in [2.75, 3.05) is 6.26 Å². The van der Waals surface area contributed by atoms with Gasteiger partial charge in [-0.25, -0.2) is 21.6 Å². The van der Waals surface area contributed by atoms with Gasteiger partial charge in [-0.15, -0.1) is 0 Å². The van der Waals surface area contributed by atoms with Gasteiger partial charge in [0.1, 0.15) is 0 Å². The van der Waals surface area contributed by atoms with Gasteiger partial charge in [0, 0.05) is 6.26 Å². The van der Waals surface area contributed by atoms with Gasteiger partial charge < -0.3 is 5.11 Å². The van der Waals surface area contributed by atoms with Crippen LogP contribution in [0, 0.1) is 23.3 Å². The van der Waals surface area contributed by atoms with Gasteiger partial charge in [-0.1, -0.05) is 0 Å². The van der Waals surface area contributed by atoms with Crippen molar-refractivity contribution in [2.45, 2.75) is 4.90 Å². The SMILES string of the molecule is CS(=O)(=O)c1c(O)c(F)c(F)c(F)c1F. The Labute approximate surface area is 81.9 Å². The molecule has 0 amide bonds. The van der Waals surface area contributed by atoms with Crippen LogP contribution in [0.3, 0.4) is 0 Å². The highest BCUT2D eigenvalue weighted by molar-refractivity contribution is 7.90. The maximum absolute atomic E-state index is 12.9. The quantitative estimate of drug-likeness (QED) is 0.351. The minimum absolute atomic E-state index is 0.419. The van der Waals surface area contributed by atoms with E-state index >= 15 is 0 Å². The van der Waals surface area contributed by atoms with E-state index in [1.165, 1.54) is 0 Å². The number of halogens is 4. The molecule has 1 aromatic rings. The lowest BCUT2D eigenvalue weighted by Gasteiger charge is -2.06. The van der Waals surface area contributed by atoms with Crippen LogP contribution in [-0.2, 0) is 9.84 Å². The zero-order valence-electron chi connectivity index (χ0n) is 7.18. The van der Waals surface area contributed by atoms with E-state index in [-0.39, 0.29) is 0 Å². The van der Waals surface area contributed by atoms with Crippen molar-refractivity contribution in [1.29, 1.82) is 0 Å². The molecule has 0 aliphatic carbocycles. The molecule has 0 aliphatic rings. The van der Waals surface area contributed by atoms with E-state index in [2.05, 4.69) is 0 Å². The van der Waals surface area contributed by atoms with Crippen molar-refractivity contribution in [2.24, 2.45) is 0 Å². The van der Waals surface area contributed by atoms with Gasteiger partial charge in [0.2, 0.25) is 11.6 Å². The van der Waals surface area contributed by atoms with Crippen molar-refractivity contribution >= 4 is 9.84 Å². The van der Waals surface area contributed by atoms with Crippen LogP contribution in [0.2, 0.25) is 0 Å². The van der Waals surface area contributed by atoms with Crippen LogP contribution in [0.25, 0.3) is 0 Å². The molecule has 0 radical (unpaired) electrons. The smallest absolute Gasteiger partial charge is 0.205 e. The first-order valence-electron chi connectivity index (χ1n) is 3.43. The third-order valence-electron chi connectivity index (χ3n) is 1.57. The molecule has 15 heavy (non-hydrogen) atoms. The van der Waals surface area contributed by atoms with Gasteiger partial charge in [-0.2, -0.15) is 4.39 Å². The van der Waals surface area contributed by atoms with E-state index in [1.54, 1.807) is 0 Å². The Morgan fingerprint density at radius 2 is 1.33 bits per heavy atom. The molecule has 0 saturated carbocycles. The second kappa shape index (κ2) is 3.37. The molecule has 1 rings (SSSR count). The topological polar surface area (TPSA) is 54.4 Å². The van der Waals surface area contributed by atoms with Crippen molar-refractivity contribution in [3.05, 3.63) is 23.3 Å². The number of benzene rings is 1. The molecule has 0 unspecified atom stereocenters. The molecule has 0 saturated heterocycles. The van der Waals surface area contributed by atoms with Crippen LogP contribution >= 0.6 is 0 Å². The van der Waals surface area contributed by atoms with E-state index in [9.17, 15) is 26.0 Å². The van der Waals surface area contributed by atoms with Crippen LogP contribution in [0.15, 0.2) is 4.90 Å². The zero-order valence-corrected chi connectivity index (χ0v) is 8.00. The molecule has 0 atom stereocenters. The third-order valence-corrected chi connectivity index (χ3v) is 2.69. The minimum Gasteiger partial charge on any atom is -0.504 e. The zero-order chi connectivity index (χ0) is 12.0. The third kappa shape index (κ3) is 1.76. The molecular weight excluding hydrogens is 240 g/mol. The summed E-state index contributed by atoms with van der Waals surface area (Å²) in [4.78, 5) is -1.60. The Morgan fingerprint density at radius 3 is 1.73 bits per heavy atom. The van der Waals surface area contributed by atoms with Crippen LogP contribution in [0.4, 0.5) is 17.6 Å². The van der Waals surface area contributed by atoms with Gasteiger partial charge >= 0.3 is 0 Å². The van der Waals surface area contributed by atoms with Gasteiger partial charge in [0.05, 0.1) is 0 Å². The Morgan fingerprint density at radius 1 is 0.933 bits per heavy atom. The van der Waals surface area contributed by atoms with Crippen LogP contribution in [-0.4, -0.2) is 19.8 Å². The number of phenols is 1. The number of hydrogen-bond acceptors (Lipinski definition) is 3. The van der Waals surface area contributed by atoms with Crippen molar-refractivity contribution in [1.82, 2.24) is 0 Å². The van der Waals surface area contributed by atoms with Gasteiger partial charge in [-0.3, -0.25) is 0 Å². The van der Waals surface area contributed by atoms with E-state index < -0.39 is 43.8 Å². The van der Waals surface area contributed by atoms with Gasteiger partial charge in [0.15, 0.2) is 32.1 Å². The number of rotatable bonds is 1. The standard InChI is InChI=1S/C7H4F4O3S/c1-15(13,14)7-5(11)3(9)2(8)4(10)6(7)12/h12H,1H3. The van der Waals surface area contributed by atoms with E-state index in [4.69, 9.17) is 5.11 Å². The molecule has 0 fully saturated rings. The molecule has 0 aliphatic heterocycles. The molecule has 0 heterocycles. The lowest BCUT2D eigenvalue weighted by Crippen LogP contribution is -2.07. The molecule has 0 aromatic heterocycles. The molecule has 0 bridgehead atoms. The van der Waals surface area contributed by atoms with Crippen molar-refractivity contribution in [3.8, 4) is 5.75 Å². The summed E-state index contributed by atoms with van der Waals surface area (Å²) in [6.07, 6.45) is 0.419. The summed E-state index contributed by atoms with van der Waals surface area (Å²) in [6.45, 7) is 0. The first kappa shape index (κ1) is 11.8. The summed E-state index contributed by atoms with van der Waals surface area (Å²) in [5, 5.41) is 8.82. The van der Waals surface area contributed by atoms with Crippen molar-refractivity contribution < 1.29 is 31.1 Å². The summed E-state index contributed by atoms with van der Waals surface area (Å²) in [6, 6.07) is 0. The molecular formula is C7H4F4O3S. The highest BCUT2D eigenvalue weighted by atomic mass is 32.2. The maximum Gasteiger partial charge on any atom is 0.205 e. The van der Waals surface area contributed by atoms with Crippen LogP contribution in [0.5, 0.6) is 5.75 Å². The lowest BCUT2D eigenvalue weighted by molar-refractivity contribution is 0.346. The van der Waals surface area contributed by atoms with E-state index in [0.29, 0.717) is 6.26 Å². The first-order valence-corrected chi connectivity index (χ1v) is 5.32. The fourth-order valence-electron chi connectivity index (χ4n) is 0.938. The lowest BCUT2D eigenvalue weighted by atomic mass is 10.3. The average molecular weight is 244 g/mol. The fraction of sp³-hybridized carbons (Fsp3) is 0.143. The van der Waals surface area contributed by atoms with Crippen LogP contribution in [0.1, 0.15) is 0 Å². The van der Waals surface area contributed by atoms with Gasteiger partial charge in [-0.05, 0) is 0 Å². The molecule has 84 valence electrons. The highest BCUT2D eigenvalue weighted by Gasteiger charge is 2.30. The summed E-state index contributed by atoms with van der Waals surface area (Å²) in [5.41, 5.74) is 0. The second-order valence-electron chi connectivity index (χ2n) is 2.71. The fourth-order valence-corrected chi connectivity index (χ4v) is 1.79. The summed E-state index contributed by atoms with van der Waals surface area (Å²) >= 11 is 0. The predicted octanol–water partition coefficient (Wildman–Crippen LogP) is 1.35. The van der Waals surface area contributed by atoms with Crippen LogP contribution < -0.4 is 0 Å². The molecule has 1 aromatic carbocycles. The molecule has 3 nitrogen and oxygen atoms in total. The highest BCUT2D eigenvalue weighted by Crippen LogP contribution is 2.32. The van der Waals surface area contributed by atoms with Gasteiger partial charge in [0.25, 0.3) is 0 Å². The second-order valence-corrected chi connectivity index (χ2v) is 4.66. The minimum atomic E-state index is -4.40. The number of phenolic OH excluding ortho intramolecular Hbond substituents is 1. The normalized spacial score (nSPS) is 11.8. The Bertz CT molecular complexity index is 495. The van der Waals surface area contributed by atoms with E-state index in [1.807, 2.05) is 0 Å². The predicted molar refractivity (Wildman–Crippen MR) is 41.0 cm³/mol. The number of sulfone groups is 1. The molecule has 0 spiro atoms. The Kier molecular flexibility index (Phi) is 2.64.